The molecule has 1 amide bonds. The highest BCUT2D eigenvalue weighted by molar-refractivity contribution is 7.89. The van der Waals surface area contributed by atoms with E-state index in [0.29, 0.717) is 25.9 Å². The van der Waals surface area contributed by atoms with E-state index in [9.17, 15) is 13.2 Å². The van der Waals surface area contributed by atoms with Crippen molar-refractivity contribution in [3.8, 4) is 5.69 Å². The third-order valence-electron chi connectivity index (χ3n) is 4.76. The zero-order valence-corrected chi connectivity index (χ0v) is 16.6. The van der Waals surface area contributed by atoms with Gasteiger partial charge >= 0.3 is 0 Å². The number of benzene rings is 1. The molecule has 7 nitrogen and oxygen atoms in total. The van der Waals surface area contributed by atoms with Crippen LogP contribution in [0.5, 0.6) is 0 Å². The van der Waals surface area contributed by atoms with Gasteiger partial charge in [0.05, 0.1) is 17.6 Å². The molecule has 0 unspecified atom stereocenters. The van der Waals surface area contributed by atoms with Gasteiger partial charge in [-0.05, 0) is 31.4 Å². The number of likely N-dealkylation sites (N-methyl/N-ethyl adjacent to an activating group) is 1. The second kappa shape index (κ2) is 8.22. The first-order valence-electron chi connectivity index (χ1n) is 9.26. The van der Waals surface area contributed by atoms with Gasteiger partial charge in [-0.15, -0.1) is 0 Å². The fourth-order valence-corrected chi connectivity index (χ4v) is 5.21. The smallest absolute Gasteiger partial charge is 0.241 e. The fourth-order valence-electron chi connectivity index (χ4n) is 3.46. The van der Waals surface area contributed by atoms with Crippen LogP contribution in [-0.2, 0) is 21.4 Å². The Labute approximate surface area is 160 Å². The quantitative estimate of drug-likeness (QED) is 0.725. The van der Waals surface area contributed by atoms with Crippen molar-refractivity contribution in [3.63, 3.8) is 0 Å². The van der Waals surface area contributed by atoms with Crippen LogP contribution in [0.1, 0.15) is 31.7 Å². The van der Waals surface area contributed by atoms with E-state index in [1.54, 1.807) is 22.8 Å². The summed E-state index contributed by atoms with van der Waals surface area (Å²) in [5, 5.41) is 4.35. The highest BCUT2D eigenvalue weighted by Gasteiger charge is 2.39. The highest BCUT2D eigenvalue weighted by Crippen LogP contribution is 2.24. The summed E-state index contributed by atoms with van der Waals surface area (Å²) in [6, 6.07) is 9.16. The molecule has 0 radical (unpaired) electrons. The van der Waals surface area contributed by atoms with Gasteiger partial charge in [0.25, 0.3) is 0 Å². The SMILES string of the molecule is CCCS(=O)(=O)N1CCC[C@H]1C(=O)N(C)Cc1cnn(-c2ccccc2)c1. The second-order valence-corrected chi connectivity index (χ2v) is 8.95. The molecule has 8 heteroatoms. The first-order valence-corrected chi connectivity index (χ1v) is 10.9. The van der Waals surface area contributed by atoms with Crippen LogP contribution < -0.4 is 0 Å². The third-order valence-corrected chi connectivity index (χ3v) is 6.84. The number of carbonyl (C=O) groups is 1. The van der Waals surface area contributed by atoms with Crippen LogP contribution in [0, 0.1) is 0 Å². The Morgan fingerprint density at radius 2 is 2.04 bits per heavy atom. The van der Waals surface area contributed by atoms with Crippen molar-refractivity contribution < 1.29 is 13.2 Å². The first kappa shape index (κ1) is 19.6. The number of carbonyl (C=O) groups excluding carboxylic acids is 1. The average molecular weight is 391 g/mol. The Morgan fingerprint density at radius 3 is 2.74 bits per heavy atom. The summed E-state index contributed by atoms with van der Waals surface area (Å²) in [7, 11) is -1.66. The van der Waals surface area contributed by atoms with E-state index >= 15 is 0 Å². The van der Waals surface area contributed by atoms with Crippen molar-refractivity contribution in [2.45, 2.75) is 38.8 Å². The number of sulfonamides is 1. The molecule has 0 spiro atoms. The summed E-state index contributed by atoms with van der Waals surface area (Å²) in [4.78, 5) is 14.5. The van der Waals surface area contributed by atoms with E-state index in [1.165, 1.54) is 4.31 Å². The number of nitrogens with zero attached hydrogens (tertiary/aromatic N) is 4. The standard InChI is InChI=1S/C19H26N4O3S/c1-3-12-27(25,26)23-11-7-10-18(23)19(24)21(2)14-16-13-20-22(15-16)17-8-5-4-6-9-17/h4-6,8-9,13,15,18H,3,7,10-12,14H2,1-2H3/t18-/m0/s1. The molecule has 27 heavy (non-hydrogen) atoms. The summed E-state index contributed by atoms with van der Waals surface area (Å²) >= 11 is 0. The molecule has 1 atom stereocenters. The van der Waals surface area contributed by atoms with Gasteiger partial charge < -0.3 is 4.90 Å². The molecule has 1 aliphatic heterocycles. The summed E-state index contributed by atoms with van der Waals surface area (Å²) in [5.41, 5.74) is 1.85. The Kier molecular flexibility index (Phi) is 5.96. The summed E-state index contributed by atoms with van der Waals surface area (Å²) < 4.78 is 28.0. The number of amides is 1. The molecule has 2 heterocycles. The maximum Gasteiger partial charge on any atom is 0.241 e. The highest BCUT2D eigenvalue weighted by atomic mass is 32.2. The maximum atomic E-state index is 12.9. The van der Waals surface area contributed by atoms with Crippen molar-refractivity contribution >= 4 is 15.9 Å². The van der Waals surface area contributed by atoms with Gasteiger partial charge in [0.2, 0.25) is 15.9 Å². The molecule has 1 saturated heterocycles. The van der Waals surface area contributed by atoms with Crippen LogP contribution >= 0.6 is 0 Å². The van der Waals surface area contributed by atoms with Crippen molar-refractivity contribution in [1.82, 2.24) is 19.0 Å². The molecule has 0 saturated carbocycles. The Hall–Kier alpha value is -2.19. The van der Waals surface area contributed by atoms with Crippen LogP contribution in [0.2, 0.25) is 0 Å². The zero-order chi connectivity index (χ0) is 19.4. The van der Waals surface area contributed by atoms with E-state index in [2.05, 4.69) is 5.10 Å². The minimum Gasteiger partial charge on any atom is -0.340 e. The first-order chi connectivity index (χ1) is 12.9. The molecule has 1 aromatic heterocycles. The number of rotatable bonds is 7. The summed E-state index contributed by atoms with van der Waals surface area (Å²) in [6.45, 7) is 2.66. The molecule has 146 valence electrons. The van der Waals surface area contributed by atoms with Crippen LogP contribution in [0.15, 0.2) is 42.7 Å². The van der Waals surface area contributed by atoms with Crippen LogP contribution in [-0.4, -0.2) is 58.7 Å². The van der Waals surface area contributed by atoms with Crippen LogP contribution in [0.4, 0.5) is 0 Å². The molecule has 2 aromatic rings. The molecule has 0 aliphatic carbocycles. The zero-order valence-electron chi connectivity index (χ0n) is 15.8. The normalized spacial score (nSPS) is 17.9. The Morgan fingerprint density at radius 1 is 1.30 bits per heavy atom. The van der Waals surface area contributed by atoms with Gasteiger partial charge in [0, 0.05) is 31.9 Å². The number of para-hydroxylation sites is 1. The summed E-state index contributed by atoms with van der Waals surface area (Å²) in [6.07, 6.45) is 5.47. The average Bonchev–Trinajstić information content (AvgIpc) is 3.31. The maximum absolute atomic E-state index is 12.9. The molecule has 1 fully saturated rings. The molecular weight excluding hydrogens is 364 g/mol. The second-order valence-electron chi connectivity index (χ2n) is 6.91. The van der Waals surface area contributed by atoms with Crippen molar-refractivity contribution in [2.75, 3.05) is 19.3 Å². The van der Waals surface area contributed by atoms with Crippen molar-refractivity contribution in [2.24, 2.45) is 0 Å². The molecule has 3 rings (SSSR count). The third kappa shape index (κ3) is 4.39. The van der Waals surface area contributed by atoms with Gasteiger partial charge in [0.15, 0.2) is 0 Å². The van der Waals surface area contributed by atoms with Crippen molar-refractivity contribution in [1.29, 1.82) is 0 Å². The lowest BCUT2D eigenvalue weighted by atomic mass is 10.2. The predicted molar refractivity (Wildman–Crippen MR) is 104 cm³/mol. The number of hydrogen-bond donors (Lipinski definition) is 0. The minimum atomic E-state index is -3.37. The molecule has 1 aliphatic rings. The van der Waals surface area contributed by atoms with E-state index in [4.69, 9.17) is 0 Å². The van der Waals surface area contributed by atoms with Gasteiger partial charge in [0.1, 0.15) is 6.04 Å². The predicted octanol–water partition coefficient (Wildman–Crippen LogP) is 2.03. The Bertz CT molecular complexity index is 879. The lowest BCUT2D eigenvalue weighted by molar-refractivity contribution is -0.133. The summed E-state index contributed by atoms with van der Waals surface area (Å²) in [5.74, 6) is -0.0655. The van der Waals surface area contributed by atoms with Gasteiger partial charge in [-0.1, -0.05) is 25.1 Å². The van der Waals surface area contributed by atoms with E-state index < -0.39 is 16.1 Å². The molecule has 0 bridgehead atoms. The number of aromatic nitrogens is 2. The van der Waals surface area contributed by atoms with Crippen LogP contribution in [0.25, 0.3) is 5.69 Å². The van der Waals surface area contributed by atoms with Gasteiger partial charge in [-0.25, -0.2) is 13.1 Å². The van der Waals surface area contributed by atoms with E-state index in [0.717, 1.165) is 17.7 Å². The molecule has 1 aromatic carbocycles. The van der Waals surface area contributed by atoms with E-state index in [1.807, 2.05) is 43.5 Å². The number of hydrogen-bond acceptors (Lipinski definition) is 4. The largest absolute Gasteiger partial charge is 0.340 e. The van der Waals surface area contributed by atoms with Gasteiger partial charge in [-0.2, -0.15) is 9.40 Å². The van der Waals surface area contributed by atoms with Crippen molar-refractivity contribution in [3.05, 3.63) is 48.3 Å². The van der Waals surface area contributed by atoms with Gasteiger partial charge in [-0.3, -0.25) is 4.79 Å². The van der Waals surface area contributed by atoms with Crippen LogP contribution in [0.3, 0.4) is 0 Å². The lowest BCUT2D eigenvalue weighted by Gasteiger charge is -2.27. The monoisotopic (exact) mass is 390 g/mol. The molecular formula is C19H26N4O3S. The topological polar surface area (TPSA) is 75.5 Å². The van der Waals surface area contributed by atoms with E-state index in [-0.39, 0.29) is 11.7 Å². The lowest BCUT2D eigenvalue weighted by Crippen LogP contribution is -2.46. The molecule has 0 N–H and O–H groups in total. The fraction of sp³-hybridized carbons (Fsp3) is 0.474. The Balaban J connectivity index is 1.68. The minimum absolute atomic E-state index is 0.0876.